The minimum absolute atomic E-state index is 0.0448. The van der Waals surface area contributed by atoms with Gasteiger partial charge in [-0.15, -0.1) is 0 Å². The van der Waals surface area contributed by atoms with E-state index in [1.165, 1.54) is 18.2 Å². The number of hydrogen-bond donors (Lipinski definition) is 2. The fraction of sp³-hybridized carbons (Fsp3) is 0.143. The number of aryl methyl sites for hydroxylation is 1. The van der Waals surface area contributed by atoms with Crippen molar-refractivity contribution < 1.29 is 12.8 Å². The Labute approximate surface area is 127 Å². The second-order valence-electron chi connectivity index (χ2n) is 4.63. The summed E-state index contributed by atoms with van der Waals surface area (Å²) in [6.07, 6.45) is 0. The van der Waals surface area contributed by atoms with Crippen LogP contribution < -0.4 is 10.5 Å². The van der Waals surface area contributed by atoms with Gasteiger partial charge in [-0.3, -0.25) is 0 Å². The van der Waals surface area contributed by atoms with E-state index in [1.807, 2.05) is 0 Å². The lowest BCUT2D eigenvalue weighted by molar-refractivity contribution is 0.597. The Morgan fingerprint density at radius 2 is 1.95 bits per heavy atom. The van der Waals surface area contributed by atoms with Crippen LogP contribution in [0.1, 0.15) is 11.1 Å². The van der Waals surface area contributed by atoms with Crippen molar-refractivity contribution in [2.24, 2.45) is 5.14 Å². The van der Waals surface area contributed by atoms with Gasteiger partial charge < -0.3 is 5.32 Å². The van der Waals surface area contributed by atoms with E-state index in [0.29, 0.717) is 17.8 Å². The Kier molecular flexibility index (Phi) is 4.51. The van der Waals surface area contributed by atoms with E-state index < -0.39 is 15.8 Å². The standard InChI is InChI=1S/C14H14ClFN2O2S/c1-9-2-4-11(7-14(9)21(17,19)20)18-8-10-3-5-13(16)12(15)6-10/h2-7,18H,8H2,1H3,(H2,17,19,20). The maximum Gasteiger partial charge on any atom is 0.238 e. The van der Waals surface area contributed by atoms with E-state index in [2.05, 4.69) is 5.32 Å². The van der Waals surface area contributed by atoms with Gasteiger partial charge in [0.05, 0.1) is 9.92 Å². The van der Waals surface area contributed by atoms with Gasteiger partial charge in [-0.1, -0.05) is 23.7 Å². The molecule has 0 aliphatic rings. The van der Waals surface area contributed by atoms with Gasteiger partial charge in [0.25, 0.3) is 0 Å². The van der Waals surface area contributed by atoms with Gasteiger partial charge in [-0.25, -0.2) is 17.9 Å². The van der Waals surface area contributed by atoms with Gasteiger partial charge >= 0.3 is 0 Å². The molecule has 0 saturated heterocycles. The Morgan fingerprint density at radius 3 is 2.57 bits per heavy atom. The number of rotatable bonds is 4. The second kappa shape index (κ2) is 6.01. The summed E-state index contributed by atoms with van der Waals surface area (Å²) in [7, 11) is -3.76. The molecule has 2 aromatic rings. The molecule has 4 nitrogen and oxygen atoms in total. The molecule has 0 fully saturated rings. The minimum Gasteiger partial charge on any atom is -0.381 e. The monoisotopic (exact) mass is 328 g/mol. The molecule has 0 heterocycles. The SMILES string of the molecule is Cc1ccc(NCc2ccc(F)c(Cl)c2)cc1S(N)(=O)=O. The van der Waals surface area contributed by atoms with Crippen LogP contribution in [0, 0.1) is 12.7 Å². The number of hydrogen-bond acceptors (Lipinski definition) is 3. The first-order valence-electron chi connectivity index (χ1n) is 6.08. The lowest BCUT2D eigenvalue weighted by atomic mass is 10.2. The number of nitrogens with two attached hydrogens (primary N) is 1. The number of primary sulfonamides is 1. The molecular formula is C14H14ClFN2O2S. The molecule has 3 N–H and O–H groups in total. The fourth-order valence-electron chi connectivity index (χ4n) is 1.87. The largest absolute Gasteiger partial charge is 0.381 e. The van der Waals surface area contributed by atoms with Crippen LogP contribution in [0.4, 0.5) is 10.1 Å². The van der Waals surface area contributed by atoms with E-state index in [9.17, 15) is 12.8 Å². The maximum atomic E-state index is 13.1. The molecule has 2 rings (SSSR count). The molecule has 112 valence electrons. The van der Waals surface area contributed by atoms with Crippen molar-refractivity contribution in [1.29, 1.82) is 0 Å². The predicted octanol–water partition coefficient (Wildman–Crippen LogP) is 3.05. The predicted molar refractivity (Wildman–Crippen MR) is 81.3 cm³/mol. The van der Waals surface area contributed by atoms with Crippen LogP contribution in [0.3, 0.4) is 0 Å². The van der Waals surface area contributed by atoms with Gasteiger partial charge in [0.2, 0.25) is 10.0 Å². The lowest BCUT2D eigenvalue weighted by Crippen LogP contribution is -2.14. The first-order chi connectivity index (χ1) is 9.77. The van der Waals surface area contributed by atoms with Crippen LogP contribution in [-0.4, -0.2) is 8.42 Å². The molecule has 0 radical (unpaired) electrons. The third kappa shape index (κ3) is 3.93. The lowest BCUT2D eigenvalue weighted by Gasteiger charge is -2.10. The van der Waals surface area contributed by atoms with E-state index in [0.717, 1.165) is 5.56 Å². The summed E-state index contributed by atoms with van der Waals surface area (Å²) in [5.41, 5.74) is 1.96. The first kappa shape index (κ1) is 15.8. The first-order valence-corrected chi connectivity index (χ1v) is 8.01. The van der Waals surface area contributed by atoms with Crippen molar-refractivity contribution in [3.63, 3.8) is 0 Å². The Bertz CT molecular complexity index is 779. The Morgan fingerprint density at radius 1 is 1.24 bits per heavy atom. The third-order valence-electron chi connectivity index (χ3n) is 2.98. The van der Waals surface area contributed by atoms with Crippen molar-refractivity contribution >= 4 is 27.3 Å². The summed E-state index contributed by atoms with van der Waals surface area (Å²) in [4.78, 5) is 0.0737. The minimum atomic E-state index is -3.76. The highest BCUT2D eigenvalue weighted by Crippen LogP contribution is 2.21. The Balaban J connectivity index is 2.19. The molecule has 0 aromatic heterocycles. The van der Waals surface area contributed by atoms with Crippen molar-refractivity contribution in [2.45, 2.75) is 18.4 Å². The number of halogens is 2. The summed E-state index contributed by atoms with van der Waals surface area (Å²) in [5.74, 6) is -0.479. The number of nitrogens with one attached hydrogen (secondary N) is 1. The molecule has 0 amide bonds. The molecule has 0 saturated carbocycles. The highest BCUT2D eigenvalue weighted by atomic mass is 35.5. The molecule has 0 bridgehead atoms. The normalized spacial score (nSPS) is 11.4. The summed E-state index contributed by atoms with van der Waals surface area (Å²) in [5, 5.41) is 8.25. The molecular weight excluding hydrogens is 315 g/mol. The van der Waals surface area contributed by atoms with E-state index in [-0.39, 0.29) is 9.92 Å². The van der Waals surface area contributed by atoms with Crippen LogP contribution in [0.25, 0.3) is 0 Å². The zero-order chi connectivity index (χ0) is 15.6. The number of sulfonamides is 1. The number of anilines is 1. The maximum absolute atomic E-state index is 13.1. The van der Waals surface area contributed by atoms with Gasteiger partial charge in [0, 0.05) is 12.2 Å². The zero-order valence-corrected chi connectivity index (χ0v) is 12.8. The average Bonchev–Trinajstić information content (AvgIpc) is 2.40. The molecule has 0 aliphatic carbocycles. The summed E-state index contributed by atoms with van der Waals surface area (Å²) in [6.45, 7) is 2.05. The number of benzene rings is 2. The summed E-state index contributed by atoms with van der Waals surface area (Å²) < 4.78 is 36.0. The van der Waals surface area contributed by atoms with Crippen LogP contribution in [0.15, 0.2) is 41.3 Å². The van der Waals surface area contributed by atoms with Crippen molar-refractivity contribution in [1.82, 2.24) is 0 Å². The fourth-order valence-corrected chi connectivity index (χ4v) is 2.88. The summed E-state index contributed by atoms with van der Waals surface area (Å²) in [6, 6.07) is 9.27. The second-order valence-corrected chi connectivity index (χ2v) is 6.56. The van der Waals surface area contributed by atoms with E-state index >= 15 is 0 Å². The topological polar surface area (TPSA) is 72.2 Å². The average molecular weight is 329 g/mol. The zero-order valence-electron chi connectivity index (χ0n) is 11.2. The van der Waals surface area contributed by atoms with Crippen LogP contribution >= 0.6 is 11.6 Å². The van der Waals surface area contributed by atoms with Crippen LogP contribution in [-0.2, 0) is 16.6 Å². The summed E-state index contributed by atoms with van der Waals surface area (Å²) >= 11 is 5.70. The highest BCUT2D eigenvalue weighted by molar-refractivity contribution is 7.89. The molecule has 2 aromatic carbocycles. The van der Waals surface area contributed by atoms with Crippen molar-refractivity contribution in [3.05, 3.63) is 58.4 Å². The van der Waals surface area contributed by atoms with Gasteiger partial charge in [-0.05, 0) is 42.3 Å². The molecule has 7 heteroatoms. The molecule has 21 heavy (non-hydrogen) atoms. The van der Waals surface area contributed by atoms with E-state index in [1.54, 1.807) is 25.1 Å². The van der Waals surface area contributed by atoms with Crippen molar-refractivity contribution in [2.75, 3.05) is 5.32 Å². The van der Waals surface area contributed by atoms with Crippen LogP contribution in [0.2, 0.25) is 5.02 Å². The molecule has 0 aliphatic heterocycles. The van der Waals surface area contributed by atoms with Crippen LogP contribution in [0.5, 0.6) is 0 Å². The molecule has 0 spiro atoms. The quantitative estimate of drug-likeness (QED) is 0.906. The van der Waals surface area contributed by atoms with Crippen molar-refractivity contribution in [3.8, 4) is 0 Å². The molecule has 0 unspecified atom stereocenters. The highest BCUT2D eigenvalue weighted by Gasteiger charge is 2.12. The van der Waals surface area contributed by atoms with Gasteiger partial charge in [0.1, 0.15) is 5.82 Å². The van der Waals surface area contributed by atoms with Gasteiger partial charge in [0.15, 0.2) is 0 Å². The molecule has 0 atom stereocenters. The van der Waals surface area contributed by atoms with E-state index in [4.69, 9.17) is 16.7 Å². The third-order valence-corrected chi connectivity index (χ3v) is 4.32. The Hall–Kier alpha value is -1.63. The van der Waals surface area contributed by atoms with Gasteiger partial charge in [-0.2, -0.15) is 0 Å². The smallest absolute Gasteiger partial charge is 0.238 e.